The third kappa shape index (κ3) is 3.83. The molecule has 1 saturated carbocycles. The van der Waals surface area contributed by atoms with Crippen LogP contribution in [0, 0.1) is 16.7 Å². The molecule has 0 aromatic carbocycles. The first-order chi connectivity index (χ1) is 17.1. The lowest BCUT2D eigenvalue weighted by atomic mass is 9.51. The molecule has 2 aliphatic carbocycles. The van der Waals surface area contributed by atoms with E-state index in [1.54, 1.807) is 6.92 Å². The minimum absolute atomic E-state index is 0.00000344. The first-order valence-electron chi connectivity index (χ1n) is 12.7. The molecule has 1 N–H and O–H groups in total. The molecule has 9 heteroatoms. The molecule has 8 atom stereocenters. The second kappa shape index (κ2) is 9.11. The van der Waals surface area contributed by atoms with Crippen molar-refractivity contribution in [1.82, 2.24) is 0 Å². The fourth-order valence-electron chi connectivity index (χ4n) is 6.65. The van der Waals surface area contributed by atoms with Gasteiger partial charge in [0.05, 0.1) is 30.8 Å². The molecule has 5 aliphatic rings. The second-order valence-electron chi connectivity index (χ2n) is 11.0. The summed E-state index contributed by atoms with van der Waals surface area (Å²) in [7, 11) is 0. The molecule has 36 heavy (non-hydrogen) atoms. The number of aliphatic hydroxyl groups excluding tert-OH is 1. The van der Waals surface area contributed by atoms with Gasteiger partial charge in [-0.15, -0.1) is 0 Å². The topological polar surface area (TPSA) is 121 Å². The minimum Gasteiger partial charge on any atom is -0.463 e. The Hall–Kier alpha value is -2.49. The molecule has 9 nitrogen and oxygen atoms in total. The lowest BCUT2D eigenvalue weighted by Gasteiger charge is -2.58. The molecule has 2 saturated heterocycles. The Kier molecular flexibility index (Phi) is 6.37. The summed E-state index contributed by atoms with van der Waals surface area (Å²) in [4.78, 5) is 37.6. The Morgan fingerprint density at radius 2 is 1.75 bits per heavy atom. The van der Waals surface area contributed by atoms with Gasteiger partial charge in [-0.2, -0.15) is 0 Å². The zero-order valence-electron chi connectivity index (χ0n) is 20.9. The van der Waals surface area contributed by atoms with Crippen molar-refractivity contribution in [3.8, 4) is 0 Å². The number of carbonyl (C=O) groups excluding carboxylic acids is 3. The van der Waals surface area contributed by atoms with Gasteiger partial charge in [0.15, 0.2) is 6.10 Å². The highest BCUT2D eigenvalue weighted by Crippen LogP contribution is 2.72. The maximum Gasteiger partial charge on any atom is 0.335 e. The number of cyclic esters (lactones) is 2. The van der Waals surface area contributed by atoms with Gasteiger partial charge in [0.25, 0.3) is 0 Å². The van der Waals surface area contributed by atoms with Crippen LogP contribution in [0.4, 0.5) is 0 Å². The summed E-state index contributed by atoms with van der Waals surface area (Å²) < 4.78 is 29.6. The average molecular weight is 503 g/mol. The molecule has 3 aliphatic heterocycles. The van der Waals surface area contributed by atoms with Crippen molar-refractivity contribution in [1.29, 1.82) is 0 Å². The maximum atomic E-state index is 12.9. The molecule has 196 valence electrons. The quantitative estimate of drug-likeness (QED) is 0.230. The van der Waals surface area contributed by atoms with Crippen molar-refractivity contribution in [2.24, 2.45) is 16.7 Å². The molecule has 2 bridgehead atoms. The van der Waals surface area contributed by atoms with Crippen molar-refractivity contribution < 1.29 is 43.2 Å². The minimum atomic E-state index is -1.37. The van der Waals surface area contributed by atoms with E-state index in [-0.39, 0.29) is 31.8 Å². The third-order valence-corrected chi connectivity index (χ3v) is 9.12. The number of ether oxygens (including phenoxy) is 5. The summed E-state index contributed by atoms with van der Waals surface area (Å²) >= 11 is 0. The van der Waals surface area contributed by atoms with E-state index in [2.05, 4.69) is 19.9 Å². The lowest BCUT2D eigenvalue weighted by Crippen LogP contribution is -2.66. The molecular weight excluding hydrogens is 468 g/mol. The molecule has 2 spiro atoms. The Morgan fingerprint density at radius 1 is 1.03 bits per heavy atom. The summed E-state index contributed by atoms with van der Waals surface area (Å²) in [5.74, 6) is -2.34. The third-order valence-electron chi connectivity index (χ3n) is 9.12. The highest BCUT2D eigenvalue weighted by Gasteiger charge is 2.83. The average Bonchev–Trinajstić information content (AvgIpc) is 3.62. The highest BCUT2D eigenvalue weighted by atomic mass is 16.6. The molecule has 1 unspecified atom stereocenters. The Labute approximate surface area is 210 Å². The predicted octanol–water partition coefficient (Wildman–Crippen LogP) is 2.17. The van der Waals surface area contributed by atoms with Gasteiger partial charge < -0.3 is 28.8 Å². The molecule has 3 heterocycles. The van der Waals surface area contributed by atoms with Crippen LogP contribution in [0.15, 0.2) is 36.0 Å². The molecular formula is C27H34O9. The van der Waals surface area contributed by atoms with Crippen LogP contribution in [-0.4, -0.2) is 72.9 Å². The highest BCUT2D eigenvalue weighted by molar-refractivity contribution is 5.84. The van der Waals surface area contributed by atoms with Gasteiger partial charge >= 0.3 is 17.9 Å². The molecule has 0 radical (unpaired) electrons. The molecule has 0 amide bonds. The number of hydrogen-bond acceptors (Lipinski definition) is 9. The van der Waals surface area contributed by atoms with Crippen LogP contribution >= 0.6 is 0 Å². The summed E-state index contributed by atoms with van der Waals surface area (Å²) in [6.07, 6.45) is 7.11. The van der Waals surface area contributed by atoms with E-state index in [9.17, 15) is 19.5 Å². The summed E-state index contributed by atoms with van der Waals surface area (Å²) in [5.41, 5.74) is -0.820. The zero-order chi connectivity index (χ0) is 25.7. The number of hydrogen-bond donors (Lipinski definition) is 1. The fraction of sp³-hybridized carbons (Fsp3) is 0.667. The molecule has 0 aromatic rings. The van der Waals surface area contributed by atoms with Crippen molar-refractivity contribution in [2.75, 3.05) is 19.8 Å². The van der Waals surface area contributed by atoms with E-state index in [0.29, 0.717) is 19.4 Å². The van der Waals surface area contributed by atoms with E-state index in [4.69, 9.17) is 23.7 Å². The standard InChI is InChI=1S/C27H34O9/c1-16-8-10-26-14-33-24(31)23(30)17(2)9-11-32-21(28)6-4-5-7-22(29)36-18-13-20(35-19(26)12-16)27(15-34-27)25(18,26)3/h4-7,12,17-20,23,30H,8-11,13-15H2,1-3H3/b6-4-,7-5-/t17-,18-,19-,20?,23+,25-,26-,27+/m1/s1. The number of esters is 3. The molecule has 3 fully saturated rings. The van der Waals surface area contributed by atoms with Crippen LogP contribution in [0.1, 0.15) is 46.5 Å². The van der Waals surface area contributed by atoms with E-state index in [1.807, 2.05) is 0 Å². The Morgan fingerprint density at radius 3 is 2.47 bits per heavy atom. The van der Waals surface area contributed by atoms with E-state index in [1.165, 1.54) is 29.9 Å². The Balaban J connectivity index is 1.52. The van der Waals surface area contributed by atoms with E-state index >= 15 is 0 Å². The lowest BCUT2D eigenvalue weighted by molar-refractivity contribution is -0.234. The number of aliphatic hydroxyl groups is 1. The van der Waals surface area contributed by atoms with Crippen molar-refractivity contribution in [3.05, 3.63) is 36.0 Å². The van der Waals surface area contributed by atoms with Crippen molar-refractivity contribution in [2.45, 2.75) is 76.5 Å². The van der Waals surface area contributed by atoms with Crippen molar-refractivity contribution in [3.63, 3.8) is 0 Å². The number of allylic oxidation sites excluding steroid dienone is 3. The van der Waals surface area contributed by atoms with Gasteiger partial charge in [0.2, 0.25) is 0 Å². The SMILES string of the molecule is CC1=C[C@H]2OC3C[C@H]4OC(=O)/C=C\C=C/C(=O)OCC[C@@H](C)[C@H](O)C(=O)OC[C@@]2(CC1)[C@]4(C)[C@]31CO1. The van der Waals surface area contributed by atoms with Crippen LogP contribution in [0.3, 0.4) is 0 Å². The smallest absolute Gasteiger partial charge is 0.335 e. The predicted molar refractivity (Wildman–Crippen MR) is 125 cm³/mol. The van der Waals surface area contributed by atoms with Crippen LogP contribution in [0.2, 0.25) is 0 Å². The monoisotopic (exact) mass is 502 g/mol. The van der Waals surface area contributed by atoms with Crippen molar-refractivity contribution >= 4 is 17.9 Å². The van der Waals surface area contributed by atoms with Crippen LogP contribution in [-0.2, 0) is 38.1 Å². The van der Waals surface area contributed by atoms with Gasteiger partial charge in [0.1, 0.15) is 18.3 Å². The van der Waals surface area contributed by atoms with Gasteiger partial charge in [-0.3, -0.25) is 0 Å². The van der Waals surface area contributed by atoms with E-state index < -0.39 is 52.5 Å². The van der Waals surface area contributed by atoms with Gasteiger partial charge in [-0.1, -0.05) is 37.6 Å². The number of rotatable bonds is 0. The molecule has 0 aromatic heterocycles. The fourth-order valence-corrected chi connectivity index (χ4v) is 6.65. The van der Waals surface area contributed by atoms with Gasteiger partial charge in [0, 0.05) is 24.0 Å². The maximum absolute atomic E-state index is 12.9. The first-order valence-corrected chi connectivity index (χ1v) is 12.7. The van der Waals surface area contributed by atoms with Gasteiger partial charge in [-0.05, 0) is 32.1 Å². The zero-order valence-corrected chi connectivity index (χ0v) is 20.9. The number of carbonyl (C=O) groups is 3. The number of epoxide rings is 1. The summed E-state index contributed by atoms with van der Waals surface area (Å²) in [6, 6.07) is 0. The summed E-state index contributed by atoms with van der Waals surface area (Å²) in [5, 5.41) is 10.6. The summed E-state index contributed by atoms with van der Waals surface area (Å²) in [6.45, 7) is 6.34. The Bertz CT molecular complexity index is 1020. The second-order valence-corrected chi connectivity index (χ2v) is 11.0. The largest absolute Gasteiger partial charge is 0.463 e. The molecule has 5 rings (SSSR count). The van der Waals surface area contributed by atoms with E-state index in [0.717, 1.165) is 6.42 Å². The normalized spacial score (nSPS) is 46.8. The van der Waals surface area contributed by atoms with Crippen LogP contribution < -0.4 is 0 Å². The van der Waals surface area contributed by atoms with Crippen LogP contribution in [0.25, 0.3) is 0 Å². The van der Waals surface area contributed by atoms with Gasteiger partial charge in [-0.25, -0.2) is 14.4 Å². The van der Waals surface area contributed by atoms with Crippen LogP contribution in [0.5, 0.6) is 0 Å². The first kappa shape index (κ1) is 25.2.